The zero-order chi connectivity index (χ0) is 24.5. The smallest absolute Gasteiger partial charge is 0.205 e. The zero-order valence-electron chi connectivity index (χ0n) is 19.0. The number of carbonyl (C=O) groups excluding carboxylic acids is 1. The first kappa shape index (κ1) is 22.9. The SMILES string of the molecule is COc1ccc(C(=O)c2sc3nc(-c4ccc(OC)cc4)cc(-c4ccc(Cl)cc4)c3c2N)cc1. The molecule has 35 heavy (non-hydrogen) atoms. The molecule has 0 amide bonds. The van der Waals surface area contributed by atoms with Crippen LogP contribution in [0.1, 0.15) is 15.2 Å². The average Bonchev–Trinajstić information content (AvgIpc) is 3.24. The van der Waals surface area contributed by atoms with Crippen LogP contribution in [0, 0.1) is 0 Å². The van der Waals surface area contributed by atoms with Gasteiger partial charge in [-0.25, -0.2) is 4.98 Å². The molecule has 5 nitrogen and oxygen atoms in total. The number of ether oxygens (including phenoxy) is 2. The molecular formula is C28H21ClN2O3S. The van der Waals surface area contributed by atoms with Crippen LogP contribution in [0.15, 0.2) is 78.9 Å². The molecule has 7 heteroatoms. The van der Waals surface area contributed by atoms with E-state index >= 15 is 0 Å². The third-order valence-electron chi connectivity index (χ3n) is 5.80. The summed E-state index contributed by atoms with van der Waals surface area (Å²) in [4.78, 5) is 19.4. The van der Waals surface area contributed by atoms with E-state index in [9.17, 15) is 4.79 Å². The van der Waals surface area contributed by atoms with Crippen LogP contribution in [-0.2, 0) is 0 Å². The van der Waals surface area contributed by atoms with Gasteiger partial charge in [-0.05, 0) is 77.9 Å². The molecule has 0 spiro atoms. The quantitative estimate of drug-likeness (QED) is 0.251. The van der Waals surface area contributed by atoms with Gasteiger partial charge in [0.15, 0.2) is 0 Å². The van der Waals surface area contributed by atoms with E-state index in [1.165, 1.54) is 11.3 Å². The molecule has 174 valence electrons. The molecule has 0 atom stereocenters. The monoisotopic (exact) mass is 500 g/mol. The molecule has 0 aliphatic rings. The van der Waals surface area contributed by atoms with Crippen molar-refractivity contribution in [1.29, 1.82) is 0 Å². The Morgan fingerprint density at radius 2 is 1.43 bits per heavy atom. The first-order chi connectivity index (χ1) is 17.0. The minimum atomic E-state index is -0.152. The van der Waals surface area contributed by atoms with Crippen molar-refractivity contribution in [2.75, 3.05) is 20.0 Å². The number of hydrogen-bond acceptors (Lipinski definition) is 6. The minimum absolute atomic E-state index is 0.152. The molecule has 3 aromatic carbocycles. The van der Waals surface area contributed by atoms with Crippen LogP contribution in [0.25, 0.3) is 32.6 Å². The number of thiophene rings is 1. The molecule has 5 aromatic rings. The predicted molar refractivity (Wildman–Crippen MR) is 143 cm³/mol. The van der Waals surface area contributed by atoms with Crippen LogP contribution in [0.5, 0.6) is 11.5 Å². The summed E-state index contributed by atoms with van der Waals surface area (Å²) in [6.45, 7) is 0. The van der Waals surface area contributed by atoms with E-state index < -0.39 is 0 Å². The van der Waals surface area contributed by atoms with Crippen molar-refractivity contribution in [2.45, 2.75) is 0 Å². The minimum Gasteiger partial charge on any atom is -0.497 e. The molecule has 0 radical (unpaired) electrons. The molecule has 5 rings (SSSR count). The van der Waals surface area contributed by atoms with Crippen LogP contribution < -0.4 is 15.2 Å². The van der Waals surface area contributed by atoms with Crippen molar-refractivity contribution in [3.8, 4) is 33.9 Å². The Morgan fingerprint density at radius 1 is 0.857 bits per heavy atom. The number of fused-ring (bicyclic) bond motifs is 1. The van der Waals surface area contributed by atoms with Crippen molar-refractivity contribution >= 4 is 44.6 Å². The van der Waals surface area contributed by atoms with Gasteiger partial charge < -0.3 is 15.2 Å². The maximum atomic E-state index is 13.4. The zero-order valence-corrected chi connectivity index (χ0v) is 20.6. The highest BCUT2D eigenvalue weighted by Crippen LogP contribution is 2.42. The highest BCUT2D eigenvalue weighted by atomic mass is 35.5. The number of methoxy groups -OCH3 is 2. The van der Waals surface area contributed by atoms with Gasteiger partial charge in [0.05, 0.1) is 25.6 Å². The topological polar surface area (TPSA) is 74.4 Å². The van der Waals surface area contributed by atoms with Gasteiger partial charge in [-0.1, -0.05) is 23.7 Å². The van der Waals surface area contributed by atoms with E-state index in [2.05, 4.69) is 0 Å². The van der Waals surface area contributed by atoms with Gasteiger partial charge in [0.25, 0.3) is 0 Å². The number of halogens is 1. The van der Waals surface area contributed by atoms with E-state index in [0.29, 0.717) is 31.7 Å². The van der Waals surface area contributed by atoms with Crippen molar-refractivity contribution in [3.05, 3.63) is 94.3 Å². The summed E-state index contributed by atoms with van der Waals surface area (Å²) >= 11 is 7.44. The number of benzene rings is 3. The number of ketones is 1. The average molecular weight is 501 g/mol. The van der Waals surface area contributed by atoms with Gasteiger partial charge in [-0.2, -0.15) is 0 Å². The van der Waals surface area contributed by atoms with Crippen LogP contribution >= 0.6 is 22.9 Å². The lowest BCUT2D eigenvalue weighted by molar-refractivity contribution is 0.104. The summed E-state index contributed by atoms with van der Waals surface area (Å²) in [6, 6.07) is 24.2. The standard InChI is InChI=1S/C28H21ClN2O3S/c1-33-20-11-5-17(6-12-20)23-15-22(16-3-9-19(29)10-4-16)24-25(30)27(35-28(24)31-23)26(32)18-7-13-21(34-2)14-8-18/h3-15H,30H2,1-2H3. The molecule has 0 saturated heterocycles. The molecular weight excluding hydrogens is 480 g/mol. The molecule has 0 bridgehead atoms. The van der Waals surface area contributed by atoms with E-state index in [4.69, 9.17) is 31.8 Å². The number of aromatic nitrogens is 1. The molecule has 2 heterocycles. The van der Waals surface area contributed by atoms with Crippen LogP contribution in [-0.4, -0.2) is 25.0 Å². The third kappa shape index (κ3) is 4.34. The Labute approximate surface area is 211 Å². The summed E-state index contributed by atoms with van der Waals surface area (Å²) < 4.78 is 10.5. The Bertz CT molecular complexity index is 1530. The highest BCUT2D eigenvalue weighted by molar-refractivity contribution is 7.21. The van der Waals surface area contributed by atoms with E-state index in [1.807, 2.05) is 54.6 Å². The number of hydrogen-bond donors (Lipinski definition) is 1. The van der Waals surface area contributed by atoms with Crippen molar-refractivity contribution in [2.24, 2.45) is 0 Å². The van der Waals surface area contributed by atoms with Crippen molar-refractivity contribution in [1.82, 2.24) is 4.98 Å². The fourth-order valence-electron chi connectivity index (χ4n) is 3.93. The Morgan fingerprint density at radius 3 is 2.03 bits per heavy atom. The van der Waals surface area contributed by atoms with Crippen LogP contribution in [0.2, 0.25) is 5.02 Å². The maximum absolute atomic E-state index is 13.4. The number of nitrogen functional groups attached to an aromatic ring is 1. The Balaban J connectivity index is 1.70. The molecule has 2 N–H and O–H groups in total. The Hall–Kier alpha value is -3.87. The summed E-state index contributed by atoms with van der Waals surface area (Å²) in [5.41, 5.74) is 11.1. The molecule has 0 fully saturated rings. The van der Waals surface area contributed by atoms with Crippen LogP contribution in [0.3, 0.4) is 0 Å². The predicted octanol–water partition coefficient (Wildman–Crippen LogP) is 7.11. The number of nitrogens with zero attached hydrogens (tertiary/aromatic N) is 1. The first-order valence-electron chi connectivity index (χ1n) is 10.8. The summed E-state index contributed by atoms with van der Waals surface area (Å²) in [7, 11) is 3.22. The van der Waals surface area contributed by atoms with E-state index in [1.54, 1.807) is 38.5 Å². The number of pyridine rings is 1. The number of carbonyl (C=O) groups is 1. The normalized spacial score (nSPS) is 10.9. The lowest BCUT2D eigenvalue weighted by atomic mass is 9.99. The molecule has 2 aromatic heterocycles. The lowest BCUT2D eigenvalue weighted by Gasteiger charge is -2.10. The first-order valence-corrected chi connectivity index (χ1v) is 12.0. The van der Waals surface area contributed by atoms with Gasteiger partial charge in [-0.15, -0.1) is 11.3 Å². The summed E-state index contributed by atoms with van der Waals surface area (Å²) in [6.07, 6.45) is 0. The second-order valence-corrected chi connectivity index (χ2v) is 9.31. The van der Waals surface area contributed by atoms with Gasteiger partial charge >= 0.3 is 0 Å². The summed E-state index contributed by atoms with van der Waals surface area (Å²) in [5.74, 6) is 1.29. The maximum Gasteiger partial charge on any atom is 0.205 e. The number of nitrogens with two attached hydrogens (primary N) is 1. The second-order valence-electron chi connectivity index (χ2n) is 7.87. The highest BCUT2D eigenvalue weighted by Gasteiger charge is 2.22. The fourth-order valence-corrected chi connectivity index (χ4v) is 5.14. The van der Waals surface area contributed by atoms with Gasteiger partial charge in [-0.3, -0.25) is 4.79 Å². The van der Waals surface area contributed by atoms with Crippen LogP contribution in [0.4, 0.5) is 5.69 Å². The fraction of sp³-hybridized carbons (Fsp3) is 0.0714. The number of rotatable bonds is 6. The summed E-state index contributed by atoms with van der Waals surface area (Å²) in [5, 5.41) is 1.40. The van der Waals surface area contributed by atoms with E-state index in [-0.39, 0.29) is 5.78 Å². The van der Waals surface area contributed by atoms with E-state index in [0.717, 1.165) is 33.5 Å². The van der Waals surface area contributed by atoms with Crippen molar-refractivity contribution in [3.63, 3.8) is 0 Å². The number of anilines is 1. The molecule has 0 aliphatic heterocycles. The third-order valence-corrected chi connectivity index (χ3v) is 7.15. The molecule has 0 unspecified atom stereocenters. The molecule has 0 saturated carbocycles. The largest absolute Gasteiger partial charge is 0.497 e. The lowest BCUT2D eigenvalue weighted by Crippen LogP contribution is -2.02. The second kappa shape index (κ2) is 9.41. The Kier molecular flexibility index (Phi) is 6.16. The van der Waals surface area contributed by atoms with Crippen molar-refractivity contribution < 1.29 is 14.3 Å². The van der Waals surface area contributed by atoms with Gasteiger partial charge in [0, 0.05) is 21.5 Å². The van der Waals surface area contributed by atoms with Gasteiger partial charge in [0.2, 0.25) is 5.78 Å². The molecule has 0 aliphatic carbocycles. The van der Waals surface area contributed by atoms with Gasteiger partial charge in [0.1, 0.15) is 21.2 Å².